The highest BCUT2D eigenvalue weighted by molar-refractivity contribution is 5.99. The Balaban J connectivity index is 2.15. The fourth-order valence-electron chi connectivity index (χ4n) is 2.03. The Bertz CT molecular complexity index is 433. The summed E-state index contributed by atoms with van der Waals surface area (Å²) >= 11 is 0. The fraction of sp³-hybridized carbons (Fsp3) is 0.462. The fourth-order valence-corrected chi connectivity index (χ4v) is 2.03. The summed E-state index contributed by atoms with van der Waals surface area (Å²) in [6.07, 6.45) is 0.850. The minimum Gasteiger partial charge on any atom is -0.398 e. The van der Waals surface area contributed by atoms with E-state index in [0.717, 1.165) is 6.42 Å². The predicted octanol–water partition coefficient (Wildman–Crippen LogP) is 1.57. The van der Waals surface area contributed by atoms with E-state index in [-0.39, 0.29) is 17.6 Å². The number of nitrogens with two attached hydrogens (primary N) is 1. The van der Waals surface area contributed by atoms with Gasteiger partial charge in [0.2, 0.25) is 0 Å². The van der Waals surface area contributed by atoms with Crippen LogP contribution < -0.4 is 11.1 Å². The van der Waals surface area contributed by atoms with Gasteiger partial charge in [-0.15, -0.1) is 0 Å². The molecule has 2 atom stereocenters. The first kappa shape index (κ1) is 11.9. The molecule has 17 heavy (non-hydrogen) atoms. The first-order valence-corrected chi connectivity index (χ1v) is 5.81. The van der Waals surface area contributed by atoms with Gasteiger partial charge in [0.15, 0.2) is 0 Å². The second-order valence-electron chi connectivity index (χ2n) is 4.72. The number of carbonyl (C=O) groups excluding carboxylic acids is 1. The van der Waals surface area contributed by atoms with Crippen molar-refractivity contribution in [1.29, 1.82) is 0 Å². The van der Waals surface area contributed by atoms with Gasteiger partial charge in [-0.05, 0) is 32.4 Å². The third kappa shape index (κ3) is 2.26. The SMILES string of the molecule is CC1OCCC1(C)NC(=O)c1ccccc1N. The van der Waals surface area contributed by atoms with Gasteiger partial charge in [0, 0.05) is 12.3 Å². The molecule has 1 heterocycles. The molecule has 0 aliphatic carbocycles. The lowest BCUT2D eigenvalue weighted by atomic mass is 9.94. The monoisotopic (exact) mass is 234 g/mol. The van der Waals surface area contributed by atoms with Crippen LogP contribution in [0.4, 0.5) is 5.69 Å². The average molecular weight is 234 g/mol. The number of anilines is 1. The van der Waals surface area contributed by atoms with Crippen LogP contribution in [0.1, 0.15) is 30.6 Å². The Morgan fingerprint density at radius 1 is 1.53 bits per heavy atom. The maximum Gasteiger partial charge on any atom is 0.253 e. The molecule has 0 radical (unpaired) electrons. The molecule has 0 bridgehead atoms. The van der Waals surface area contributed by atoms with E-state index in [2.05, 4.69) is 5.32 Å². The number of benzene rings is 1. The van der Waals surface area contributed by atoms with Crippen LogP contribution in [0.2, 0.25) is 0 Å². The quantitative estimate of drug-likeness (QED) is 0.763. The van der Waals surface area contributed by atoms with Gasteiger partial charge in [0.25, 0.3) is 5.91 Å². The molecule has 2 unspecified atom stereocenters. The van der Waals surface area contributed by atoms with Gasteiger partial charge in [-0.25, -0.2) is 0 Å². The van der Waals surface area contributed by atoms with Crippen molar-refractivity contribution in [3.63, 3.8) is 0 Å². The van der Waals surface area contributed by atoms with Crippen LogP contribution in [0.25, 0.3) is 0 Å². The molecular formula is C13H18N2O2. The zero-order valence-electron chi connectivity index (χ0n) is 10.2. The molecule has 1 aliphatic rings. The smallest absolute Gasteiger partial charge is 0.253 e. The Morgan fingerprint density at radius 2 is 2.24 bits per heavy atom. The van der Waals surface area contributed by atoms with Gasteiger partial charge in [-0.2, -0.15) is 0 Å². The molecule has 1 saturated heterocycles. The van der Waals surface area contributed by atoms with Gasteiger partial charge >= 0.3 is 0 Å². The van der Waals surface area contributed by atoms with Gasteiger partial charge in [-0.3, -0.25) is 4.79 Å². The Kier molecular flexibility index (Phi) is 3.07. The topological polar surface area (TPSA) is 64.3 Å². The van der Waals surface area contributed by atoms with E-state index in [4.69, 9.17) is 10.5 Å². The predicted molar refractivity (Wildman–Crippen MR) is 66.8 cm³/mol. The number of hydrogen-bond donors (Lipinski definition) is 2. The number of para-hydroxylation sites is 1. The summed E-state index contributed by atoms with van der Waals surface area (Å²) in [6.45, 7) is 4.66. The van der Waals surface area contributed by atoms with E-state index >= 15 is 0 Å². The van der Waals surface area contributed by atoms with Crippen molar-refractivity contribution in [2.24, 2.45) is 0 Å². The Hall–Kier alpha value is -1.55. The molecule has 92 valence electrons. The van der Waals surface area contributed by atoms with Crippen molar-refractivity contribution in [1.82, 2.24) is 5.32 Å². The highest BCUT2D eigenvalue weighted by Gasteiger charge is 2.38. The molecule has 0 saturated carbocycles. The number of rotatable bonds is 2. The maximum atomic E-state index is 12.1. The van der Waals surface area contributed by atoms with Crippen LogP contribution in [0.3, 0.4) is 0 Å². The summed E-state index contributed by atoms with van der Waals surface area (Å²) in [5.41, 5.74) is 6.50. The molecule has 1 aliphatic heterocycles. The van der Waals surface area contributed by atoms with E-state index in [1.807, 2.05) is 26.0 Å². The molecule has 1 amide bonds. The zero-order valence-corrected chi connectivity index (χ0v) is 10.2. The van der Waals surface area contributed by atoms with E-state index in [1.54, 1.807) is 12.1 Å². The van der Waals surface area contributed by atoms with E-state index in [9.17, 15) is 4.79 Å². The molecule has 4 heteroatoms. The average Bonchev–Trinajstić information content (AvgIpc) is 2.59. The van der Waals surface area contributed by atoms with Crippen molar-refractivity contribution in [3.8, 4) is 0 Å². The zero-order chi connectivity index (χ0) is 12.5. The summed E-state index contributed by atoms with van der Waals surface area (Å²) in [5.74, 6) is -0.136. The van der Waals surface area contributed by atoms with Crippen LogP contribution in [0.5, 0.6) is 0 Å². The first-order valence-electron chi connectivity index (χ1n) is 5.81. The summed E-state index contributed by atoms with van der Waals surface area (Å²) in [4.78, 5) is 12.1. The number of nitrogens with one attached hydrogen (secondary N) is 1. The van der Waals surface area contributed by atoms with Gasteiger partial charge in [0.05, 0.1) is 17.2 Å². The summed E-state index contributed by atoms with van der Waals surface area (Å²) < 4.78 is 5.49. The van der Waals surface area contributed by atoms with Crippen molar-refractivity contribution in [2.45, 2.75) is 31.9 Å². The van der Waals surface area contributed by atoms with Crippen LogP contribution in [-0.2, 0) is 4.74 Å². The third-order valence-corrected chi connectivity index (χ3v) is 3.49. The minimum absolute atomic E-state index is 0.0244. The summed E-state index contributed by atoms with van der Waals surface area (Å²) in [7, 11) is 0. The highest BCUT2D eigenvalue weighted by atomic mass is 16.5. The number of amides is 1. The van der Waals surface area contributed by atoms with Crippen LogP contribution in [-0.4, -0.2) is 24.2 Å². The lowest BCUT2D eigenvalue weighted by Gasteiger charge is -2.29. The minimum atomic E-state index is -0.306. The van der Waals surface area contributed by atoms with Crippen LogP contribution in [0, 0.1) is 0 Å². The molecule has 2 rings (SSSR count). The Morgan fingerprint density at radius 3 is 2.82 bits per heavy atom. The normalized spacial score (nSPS) is 28.0. The summed E-state index contributed by atoms with van der Waals surface area (Å²) in [6, 6.07) is 7.08. The molecule has 4 nitrogen and oxygen atoms in total. The summed E-state index contributed by atoms with van der Waals surface area (Å²) in [5, 5.41) is 3.02. The first-order chi connectivity index (χ1) is 8.03. The van der Waals surface area contributed by atoms with Crippen LogP contribution in [0.15, 0.2) is 24.3 Å². The molecule has 3 N–H and O–H groups in total. The van der Waals surface area contributed by atoms with Crippen molar-refractivity contribution in [2.75, 3.05) is 12.3 Å². The second-order valence-corrected chi connectivity index (χ2v) is 4.72. The molecule has 0 spiro atoms. The highest BCUT2D eigenvalue weighted by Crippen LogP contribution is 2.26. The molecule has 1 aromatic carbocycles. The lowest BCUT2D eigenvalue weighted by molar-refractivity contribution is 0.0728. The standard InChI is InChI=1S/C13H18N2O2/c1-9-13(2,7-8-17-9)15-12(16)10-5-3-4-6-11(10)14/h3-6,9H,7-8,14H2,1-2H3,(H,15,16). The van der Waals surface area contributed by atoms with Gasteiger partial charge in [0.1, 0.15) is 0 Å². The number of ether oxygens (including phenoxy) is 1. The van der Waals surface area contributed by atoms with Gasteiger partial charge < -0.3 is 15.8 Å². The number of carbonyl (C=O) groups is 1. The Labute approximate surface area is 101 Å². The largest absolute Gasteiger partial charge is 0.398 e. The molecule has 0 aromatic heterocycles. The third-order valence-electron chi connectivity index (χ3n) is 3.49. The van der Waals surface area contributed by atoms with Crippen LogP contribution >= 0.6 is 0 Å². The van der Waals surface area contributed by atoms with Gasteiger partial charge in [-0.1, -0.05) is 12.1 Å². The van der Waals surface area contributed by atoms with Crippen molar-refractivity contribution < 1.29 is 9.53 Å². The molecular weight excluding hydrogens is 216 g/mol. The van der Waals surface area contributed by atoms with Crippen molar-refractivity contribution >= 4 is 11.6 Å². The number of nitrogen functional groups attached to an aromatic ring is 1. The van der Waals surface area contributed by atoms with E-state index < -0.39 is 0 Å². The van der Waals surface area contributed by atoms with Crippen molar-refractivity contribution in [3.05, 3.63) is 29.8 Å². The maximum absolute atomic E-state index is 12.1. The van der Waals surface area contributed by atoms with E-state index in [1.165, 1.54) is 0 Å². The lowest BCUT2D eigenvalue weighted by Crippen LogP contribution is -2.50. The second kappa shape index (κ2) is 4.37. The molecule has 1 fully saturated rings. The number of hydrogen-bond acceptors (Lipinski definition) is 3. The van der Waals surface area contributed by atoms with E-state index in [0.29, 0.717) is 17.9 Å². The molecule has 1 aromatic rings.